The van der Waals surface area contributed by atoms with E-state index < -0.39 is 0 Å². The molecule has 1 N–H and O–H groups in total. The fourth-order valence-corrected chi connectivity index (χ4v) is 2.66. The van der Waals surface area contributed by atoms with Crippen molar-refractivity contribution in [2.24, 2.45) is 0 Å². The van der Waals surface area contributed by atoms with Crippen LogP contribution in [-0.2, 0) is 19.7 Å². The van der Waals surface area contributed by atoms with Crippen LogP contribution in [0.3, 0.4) is 0 Å². The first-order valence-corrected chi connectivity index (χ1v) is 8.31. The number of nitrogens with one attached hydrogen (secondary N) is 1. The van der Waals surface area contributed by atoms with Crippen LogP contribution in [0.15, 0.2) is 78.9 Å². The van der Waals surface area contributed by atoms with Gasteiger partial charge < -0.3 is 10.1 Å². The maximum absolute atomic E-state index is 5.92. The van der Waals surface area contributed by atoms with Gasteiger partial charge in [-0.2, -0.15) is 0 Å². The fourth-order valence-electron chi connectivity index (χ4n) is 2.66. The van der Waals surface area contributed by atoms with Crippen LogP contribution in [0.4, 0.5) is 0 Å². The molecule has 0 heterocycles. The van der Waals surface area contributed by atoms with Gasteiger partial charge in [-0.15, -0.1) is 0 Å². The molecular formula is C22H23NO. The molecule has 0 unspecified atom stereocenters. The molecule has 2 heteroatoms. The van der Waals surface area contributed by atoms with Crippen molar-refractivity contribution in [1.29, 1.82) is 0 Å². The lowest BCUT2D eigenvalue weighted by Gasteiger charge is -2.10. The van der Waals surface area contributed by atoms with E-state index in [4.69, 9.17) is 4.74 Å². The zero-order valence-electron chi connectivity index (χ0n) is 14.0. The Morgan fingerprint density at radius 3 is 2.25 bits per heavy atom. The van der Waals surface area contributed by atoms with E-state index >= 15 is 0 Å². The Balaban J connectivity index is 1.52. The molecule has 0 amide bonds. The van der Waals surface area contributed by atoms with Crippen LogP contribution in [-0.4, -0.2) is 0 Å². The highest BCUT2D eigenvalue weighted by molar-refractivity contribution is 5.29. The molecule has 0 radical (unpaired) electrons. The van der Waals surface area contributed by atoms with Crippen molar-refractivity contribution in [2.45, 2.75) is 26.6 Å². The average Bonchev–Trinajstić information content (AvgIpc) is 2.61. The van der Waals surface area contributed by atoms with E-state index in [0.717, 1.165) is 18.8 Å². The maximum atomic E-state index is 5.92. The number of aryl methyl sites for hydroxylation is 1. The van der Waals surface area contributed by atoms with Gasteiger partial charge in [0.25, 0.3) is 0 Å². The third-order valence-corrected chi connectivity index (χ3v) is 3.89. The molecule has 0 atom stereocenters. The number of benzene rings is 3. The lowest BCUT2D eigenvalue weighted by atomic mass is 10.1. The minimum Gasteiger partial charge on any atom is -0.489 e. The van der Waals surface area contributed by atoms with Gasteiger partial charge in [-0.3, -0.25) is 0 Å². The van der Waals surface area contributed by atoms with Crippen LogP contribution < -0.4 is 10.1 Å². The molecule has 2 nitrogen and oxygen atoms in total. The standard InChI is InChI=1S/C22H23NO/c1-18-7-5-11-21(13-18)17-24-22-12-6-10-20(14-22)16-23-15-19-8-3-2-4-9-19/h2-14,23H,15-17H2,1H3. The van der Waals surface area contributed by atoms with Crippen molar-refractivity contribution in [3.8, 4) is 5.75 Å². The monoisotopic (exact) mass is 317 g/mol. The smallest absolute Gasteiger partial charge is 0.120 e. The van der Waals surface area contributed by atoms with Crippen LogP contribution in [0.5, 0.6) is 5.75 Å². The summed E-state index contributed by atoms with van der Waals surface area (Å²) in [6.07, 6.45) is 0. The summed E-state index contributed by atoms with van der Waals surface area (Å²) in [5.41, 5.74) is 4.98. The predicted octanol–water partition coefficient (Wildman–Crippen LogP) is 4.86. The van der Waals surface area contributed by atoms with Gasteiger partial charge in [-0.1, -0.05) is 72.3 Å². The molecule has 3 aromatic carbocycles. The van der Waals surface area contributed by atoms with Crippen molar-refractivity contribution in [1.82, 2.24) is 5.32 Å². The summed E-state index contributed by atoms with van der Waals surface area (Å²) in [5, 5.41) is 3.47. The summed E-state index contributed by atoms with van der Waals surface area (Å²) >= 11 is 0. The molecule has 3 rings (SSSR count). The van der Waals surface area contributed by atoms with Gasteiger partial charge in [0.05, 0.1) is 0 Å². The summed E-state index contributed by atoms with van der Waals surface area (Å²) in [7, 11) is 0. The number of rotatable bonds is 7. The molecule has 0 bridgehead atoms. The summed E-state index contributed by atoms with van der Waals surface area (Å²) < 4.78 is 5.92. The van der Waals surface area contributed by atoms with E-state index in [1.54, 1.807) is 0 Å². The van der Waals surface area contributed by atoms with E-state index in [0.29, 0.717) is 6.61 Å². The lowest BCUT2D eigenvalue weighted by molar-refractivity contribution is 0.306. The molecule has 0 fully saturated rings. The number of ether oxygens (including phenoxy) is 1. The predicted molar refractivity (Wildman–Crippen MR) is 98.9 cm³/mol. The van der Waals surface area contributed by atoms with Gasteiger partial charge in [-0.05, 0) is 35.7 Å². The zero-order chi connectivity index (χ0) is 16.6. The Hall–Kier alpha value is -2.58. The van der Waals surface area contributed by atoms with Crippen LogP contribution in [0.25, 0.3) is 0 Å². The quantitative estimate of drug-likeness (QED) is 0.671. The third kappa shape index (κ3) is 4.97. The minimum absolute atomic E-state index is 0.600. The molecule has 0 aliphatic carbocycles. The second-order valence-electron chi connectivity index (χ2n) is 6.01. The SMILES string of the molecule is Cc1cccc(COc2cccc(CNCc3ccccc3)c2)c1. The van der Waals surface area contributed by atoms with Gasteiger partial charge in [0.15, 0.2) is 0 Å². The van der Waals surface area contributed by atoms with Gasteiger partial charge in [-0.25, -0.2) is 0 Å². The lowest BCUT2D eigenvalue weighted by Crippen LogP contribution is -2.12. The van der Waals surface area contributed by atoms with Crippen LogP contribution in [0.1, 0.15) is 22.3 Å². The molecule has 0 saturated carbocycles. The fraction of sp³-hybridized carbons (Fsp3) is 0.182. The van der Waals surface area contributed by atoms with Crippen molar-refractivity contribution in [3.63, 3.8) is 0 Å². The van der Waals surface area contributed by atoms with E-state index in [2.05, 4.69) is 72.9 Å². The van der Waals surface area contributed by atoms with E-state index in [-0.39, 0.29) is 0 Å². The molecule has 0 saturated heterocycles. The van der Waals surface area contributed by atoms with Crippen LogP contribution >= 0.6 is 0 Å². The van der Waals surface area contributed by atoms with E-state index in [1.165, 1.54) is 22.3 Å². The maximum Gasteiger partial charge on any atom is 0.120 e. The Morgan fingerprint density at radius 2 is 1.42 bits per heavy atom. The minimum atomic E-state index is 0.600. The summed E-state index contributed by atoms with van der Waals surface area (Å²) in [6, 6.07) is 27.1. The summed E-state index contributed by atoms with van der Waals surface area (Å²) in [5.74, 6) is 0.913. The highest BCUT2D eigenvalue weighted by Gasteiger charge is 1.99. The van der Waals surface area contributed by atoms with Gasteiger partial charge in [0.2, 0.25) is 0 Å². The molecule has 0 aliphatic rings. The number of hydrogen-bond acceptors (Lipinski definition) is 2. The van der Waals surface area contributed by atoms with Gasteiger partial charge in [0, 0.05) is 13.1 Å². The highest BCUT2D eigenvalue weighted by atomic mass is 16.5. The summed E-state index contributed by atoms with van der Waals surface area (Å²) in [6.45, 7) is 4.40. The van der Waals surface area contributed by atoms with Crippen molar-refractivity contribution < 1.29 is 4.74 Å². The Kier molecular flexibility index (Phi) is 5.65. The Morgan fingerprint density at radius 1 is 0.708 bits per heavy atom. The van der Waals surface area contributed by atoms with Crippen LogP contribution in [0.2, 0.25) is 0 Å². The van der Waals surface area contributed by atoms with Crippen LogP contribution in [0, 0.1) is 6.92 Å². The average molecular weight is 317 g/mol. The Bertz CT molecular complexity index is 768. The molecule has 0 aliphatic heterocycles. The Labute approximate surface area is 144 Å². The number of hydrogen-bond donors (Lipinski definition) is 1. The van der Waals surface area contributed by atoms with Gasteiger partial charge in [0.1, 0.15) is 12.4 Å². The molecular weight excluding hydrogens is 294 g/mol. The first kappa shape index (κ1) is 16.3. The molecule has 24 heavy (non-hydrogen) atoms. The molecule has 0 spiro atoms. The second kappa shape index (κ2) is 8.32. The third-order valence-electron chi connectivity index (χ3n) is 3.89. The first-order valence-electron chi connectivity index (χ1n) is 8.31. The second-order valence-corrected chi connectivity index (χ2v) is 6.01. The topological polar surface area (TPSA) is 21.3 Å². The largest absolute Gasteiger partial charge is 0.489 e. The highest BCUT2D eigenvalue weighted by Crippen LogP contribution is 2.16. The summed E-state index contributed by atoms with van der Waals surface area (Å²) in [4.78, 5) is 0. The normalized spacial score (nSPS) is 10.5. The molecule has 122 valence electrons. The van der Waals surface area contributed by atoms with Gasteiger partial charge >= 0.3 is 0 Å². The van der Waals surface area contributed by atoms with Crippen molar-refractivity contribution >= 4 is 0 Å². The molecule has 3 aromatic rings. The van der Waals surface area contributed by atoms with E-state index in [9.17, 15) is 0 Å². The van der Waals surface area contributed by atoms with E-state index in [1.807, 2.05) is 18.2 Å². The zero-order valence-corrected chi connectivity index (χ0v) is 14.0. The van der Waals surface area contributed by atoms with Crippen molar-refractivity contribution in [3.05, 3.63) is 101 Å². The molecule has 0 aromatic heterocycles. The van der Waals surface area contributed by atoms with Crippen molar-refractivity contribution in [2.75, 3.05) is 0 Å². The first-order chi connectivity index (χ1) is 11.8.